The molecule has 1 saturated heterocycles. The summed E-state index contributed by atoms with van der Waals surface area (Å²) in [5, 5.41) is 4.54. The molecule has 1 saturated carbocycles. The second-order valence-electron chi connectivity index (χ2n) is 7.44. The molecule has 4 nitrogen and oxygen atoms in total. The average Bonchev–Trinajstić information content (AvgIpc) is 3.14. The van der Waals surface area contributed by atoms with Gasteiger partial charge in [-0.05, 0) is 62.8 Å². The van der Waals surface area contributed by atoms with Gasteiger partial charge < -0.3 is 4.90 Å². The third-order valence-electron chi connectivity index (χ3n) is 5.55. The van der Waals surface area contributed by atoms with Crippen molar-refractivity contribution in [3.05, 3.63) is 53.1 Å². The predicted octanol–water partition coefficient (Wildman–Crippen LogP) is 3.43. The van der Waals surface area contributed by atoms with Crippen molar-refractivity contribution in [2.45, 2.75) is 51.6 Å². The van der Waals surface area contributed by atoms with Crippen LogP contribution in [0.25, 0.3) is 0 Å². The summed E-state index contributed by atoms with van der Waals surface area (Å²) < 4.78 is 15.1. The molecule has 2 fully saturated rings. The molecule has 1 aliphatic carbocycles. The van der Waals surface area contributed by atoms with Crippen molar-refractivity contribution >= 4 is 5.91 Å². The lowest BCUT2D eigenvalue weighted by Gasteiger charge is -2.25. The lowest BCUT2D eigenvalue weighted by atomic mass is 10.1. The van der Waals surface area contributed by atoms with Gasteiger partial charge in [-0.1, -0.05) is 12.1 Å². The molecule has 2 aromatic rings. The van der Waals surface area contributed by atoms with Gasteiger partial charge in [0, 0.05) is 18.2 Å². The molecule has 0 spiro atoms. The van der Waals surface area contributed by atoms with E-state index in [9.17, 15) is 9.18 Å². The molecule has 2 heterocycles. The van der Waals surface area contributed by atoms with Crippen molar-refractivity contribution < 1.29 is 9.18 Å². The largest absolute Gasteiger partial charge is 0.338 e. The Kier molecular flexibility index (Phi) is 4.10. The van der Waals surface area contributed by atoms with E-state index in [2.05, 4.69) is 23.0 Å². The van der Waals surface area contributed by atoms with Gasteiger partial charge in [0.15, 0.2) is 0 Å². The highest BCUT2D eigenvalue weighted by atomic mass is 19.1. The minimum Gasteiger partial charge on any atom is -0.338 e. The van der Waals surface area contributed by atoms with Gasteiger partial charge >= 0.3 is 0 Å². The number of amides is 1. The molecule has 132 valence electrons. The molecule has 1 amide bonds. The zero-order valence-electron chi connectivity index (χ0n) is 14.8. The van der Waals surface area contributed by atoms with Gasteiger partial charge in [0.05, 0.1) is 18.3 Å². The van der Waals surface area contributed by atoms with E-state index < -0.39 is 0 Å². The van der Waals surface area contributed by atoms with E-state index in [4.69, 9.17) is 0 Å². The summed E-state index contributed by atoms with van der Waals surface area (Å²) in [4.78, 5) is 15.0. The van der Waals surface area contributed by atoms with Crippen LogP contribution in [0.5, 0.6) is 0 Å². The molecule has 3 atom stereocenters. The van der Waals surface area contributed by atoms with E-state index in [0.717, 1.165) is 49.3 Å². The van der Waals surface area contributed by atoms with Crippen LogP contribution in [0.3, 0.4) is 0 Å². The highest BCUT2D eigenvalue weighted by Crippen LogP contribution is 2.49. The van der Waals surface area contributed by atoms with Gasteiger partial charge in [-0.3, -0.25) is 9.48 Å². The first-order valence-corrected chi connectivity index (χ1v) is 9.10. The van der Waals surface area contributed by atoms with Crippen molar-refractivity contribution in [3.63, 3.8) is 0 Å². The van der Waals surface area contributed by atoms with E-state index >= 15 is 0 Å². The molecule has 1 aromatic heterocycles. The summed E-state index contributed by atoms with van der Waals surface area (Å²) >= 11 is 0. The molecule has 0 N–H and O–H groups in total. The number of hydrogen-bond acceptors (Lipinski definition) is 2. The molecule has 5 heteroatoms. The first-order valence-electron chi connectivity index (χ1n) is 9.10. The Morgan fingerprint density at radius 2 is 2.04 bits per heavy atom. The smallest absolute Gasteiger partial charge is 0.226 e. The fraction of sp³-hybridized carbons (Fsp3) is 0.500. The highest BCUT2D eigenvalue weighted by molar-refractivity contribution is 5.83. The van der Waals surface area contributed by atoms with Crippen molar-refractivity contribution in [2.75, 3.05) is 6.54 Å². The Balaban J connectivity index is 1.43. The van der Waals surface area contributed by atoms with Crippen LogP contribution in [0.2, 0.25) is 0 Å². The van der Waals surface area contributed by atoms with Crippen molar-refractivity contribution in [1.82, 2.24) is 14.7 Å². The molecule has 1 aromatic carbocycles. The highest BCUT2D eigenvalue weighted by Gasteiger charge is 2.47. The fourth-order valence-electron chi connectivity index (χ4n) is 4.13. The average molecular weight is 341 g/mol. The fourth-order valence-corrected chi connectivity index (χ4v) is 4.13. The van der Waals surface area contributed by atoms with E-state index in [1.165, 1.54) is 12.1 Å². The van der Waals surface area contributed by atoms with E-state index in [1.54, 1.807) is 0 Å². The number of rotatable bonds is 4. The normalized spacial score (nSPS) is 25.4. The van der Waals surface area contributed by atoms with Gasteiger partial charge in [0.2, 0.25) is 5.91 Å². The van der Waals surface area contributed by atoms with Crippen LogP contribution in [-0.4, -0.2) is 33.2 Å². The van der Waals surface area contributed by atoms with Gasteiger partial charge in [0.1, 0.15) is 5.82 Å². The lowest BCUT2D eigenvalue weighted by Crippen LogP contribution is -2.39. The quantitative estimate of drug-likeness (QED) is 0.854. The first-order chi connectivity index (χ1) is 12.0. The molecular formula is C20H24FN3O. The van der Waals surface area contributed by atoms with Gasteiger partial charge in [-0.15, -0.1) is 0 Å². The van der Waals surface area contributed by atoms with Crippen molar-refractivity contribution in [2.24, 2.45) is 5.92 Å². The van der Waals surface area contributed by atoms with Crippen LogP contribution >= 0.6 is 0 Å². The van der Waals surface area contributed by atoms with Crippen molar-refractivity contribution in [1.29, 1.82) is 0 Å². The second kappa shape index (κ2) is 6.28. The Labute approximate surface area is 147 Å². The Hall–Kier alpha value is -2.17. The van der Waals surface area contributed by atoms with E-state index in [-0.39, 0.29) is 29.6 Å². The SMILES string of the molecule is Cc1cc(C)n(CC2CCCN2C(=O)C2CC2c2ccc(F)cc2)n1. The third kappa shape index (κ3) is 3.20. The summed E-state index contributed by atoms with van der Waals surface area (Å²) in [6, 6.07) is 8.90. The van der Waals surface area contributed by atoms with Crippen LogP contribution in [0, 0.1) is 25.6 Å². The number of hydrogen-bond donors (Lipinski definition) is 0. The Morgan fingerprint density at radius 3 is 2.72 bits per heavy atom. The molecule has 0 radical (unpaired) electrons. The lowest BCUT2D eigenvalue weighted by molar-refractivity contribution is -0.133. The standard InChI is InChI=1S/C20H24FN3O/c1-13-10-14(2)24(22-13)12-17-4-3-9-23(17)20(25)19-11-18(19)15-5-7-16(21)8-6-15/h5-8,10,17-19H,3-4,9,11-12H2,1-2H3. The number of aryl methyl sites for hydroxylation is 2. The molecular weight excluding hydrogens is 317 g/mol. The third-order valence-corrected chi connectivity index (χ3v) is 5.55. The number of likely N-dealkylation sites (tertiary alicyclic amines) is 1. The molecule has 4 rings (SSSR count). The second-order valence-corrected chi connectivity index (χ2v) is 7.44. The molecule has 0 bridgehead atoms. The number of benzene rings is 1. The van der Waals surface area contributed by atoms with Crippen LogP contribution in [0.4, 0.5) is 4.39 Å². The van der Waals surface area contributed by atoms with E-state index in [0.29, 0.717) is 0 Å². The predicted molar refractivity (Wildman–Crippen MR) is 93.7 cm³/mol. The number of carbonyl (C=O) groups is 1. The van der Waals surface area contributed by atoms with Crippen LogP contribution in [-0.2, 0) is 11.3 Å². The first kappa shape index (κ1) is 16.3. The number of carbonyl (C=O) groups excluding carboxylic acids is 1. The maximum atomic E-state index is 13.1. The summed E-state index contributed by atoms with van der Waals surface area (Å²) in [5.41, 5.74) is 3.24. The Morgan fingerprint density at radius 1 is 1.28 bits per heavy atom. The maximum absolute atomic E-state index is 13.1. The summed E-state index contributed by atoms with van der Waals surface area (Å²) in [7, 11) is 0. The van der Waals surface area contributed by atoms with Crippen LogP contribution in [0.15, 0.2) is 30.3 Å². The van der Waals surface area contributed by atoms with Gasteiger partial charge in [-0.2, -0.15) is 5.10 Å². The number of nitrogens with zero attached hydrogens (tertiary/aromatic N) is 3. The van der Waals surface area contributed by atoms with E-state index in [1.807, 2.05) is 23.7 Å². The monoisotopic (exact) mass is 341 g/mol. The van der Waals surface area contributed by atoms with Crippen molar-refractivity contribution in [3.8, 4) is 0 Å². The molecule has 3 unspecified atom stereocenters. The molecule has 2 aliphatic rings. The van der Waals surface area contributed by atoms with Crippen LogP contribution < -0.4 is 0 Å². The number of aromatic nitrogens is 2. The topological polar surface area (TPSA) is 38.1 Å². The molecule has 1 aliphatic heterocycles. The zero-order chi connectivity index (χ0) is 17.6. The van der Waals surface area contributed by atoms with Crippen LogP contribution in [0.1, 0.15) is 42.1 Å². The Bertz CT molecular complexity index is 783. The zero-order valence-corrected chi connectivity index (χ0v) is 14.8. The summed E-state index contributed by atoms with van der Waals surface area (Å²) in [6.07, 6.45) is 2.98. The minimum atomic E-state index is -0.225. The maximum Gasteiger partial charge on any atom is 0.226 e. The molecule has 25 heavy (non-hydrogen) atoms. The summed E-state index contributed by atoms with van der Waals surface area (Å²) in [5.74, 6) is 0.352. The van der Waals surface area contributed by atoms with Gasteiger partial charge in [-0.25, -0.2) is 4.39 Å². The van der Waals surface area contributed by atoms with Gasteiger partial charge in [0.25, 0.3) is 0 Å². The summed E-state index contributed by atoms with van der Waals surface area (Å²) in [6.45, 7) is 5.68. The number of halogens is 1. The minimum absolute atomic E-state index is 0.0616.